The first kappa shape index (κ1) is 15.4. The average Bonchev–Trinajstić information content (AvgIpc) is 2.33. The van der Waals surface area contributed by atoms with Gasteiger partial charge in [-0.25, -0.2) is 0 Å². The molecule has 0 N–H and O–H groups in total. The first-order valence-electron chi connectivity index (χ1n) is 6.32. The lowest BCUT2D eigenvalue weighted by Gasteiger charge is -2.19. The Hall–Kier alpha value is -0.640. The van der Waals surface area contributed by atoms with Gasteiger partial charge in [0.1, 0.15) is 5.25 Å². The van der Waals surface area contributed by atoms with Crippen molar-refractivity contribution in [1.82, 2.24) is 0 Å². The molecule has 0 saturated heterocycles. The largest absolute Gasteiger partial charge is 0.400 e. The van der Waals surface area contributed by atoms with E-state index in [2.05, 4.69) is 6.92 Å². The van der Waals surface area contributed by atoms with Gasteiger partial charge >= 0.3 is 6.18 Å². The lowest BCUT2D eigenvalue weighted by Crippen LogP contribution is -2.25. The standard InChI is InChI=1S/C14H19F3S/c1-2-3-4-8-11-13(14(15,16)17)18-12-9-6-5-7-10-12/h5-7,9-10,13H,2-4,8,11H2,1H3/t13-/m0/s1. The van der Waals surface area contributed by atoms with Crippen LogP contribution in [0.2, 0.25) is 0 Å². The first-order chi connectivity index (χ1) is 8.54. The smallest absolute Gasteiger partial charge is 0.170 e. The van der Waals surface area contributed by atoms with Crippen LogP contribution in [0, 0.1) is 0 Å². The Kier molecular flexibility index (Phi) is 6.61. The van der Waals surface area contributed by atoms with Crippen LogP contribution < -0.4 is 0 Å². The molecule has 0 saturated carbocycles. The van der Waals surface area contributed by atoms with Crippen molar-refractivity contribution >= 4 is 11.8 Å². The van der Waals surface area contributed by atoms with Crippen LogP contribution in [0.3, 0.4) is 0 Å². The summed E-state index contributed by atoms with van der Waals surface area (Å²) in [7, 11) is 0. The monoisotopic (exact) mass is 276 g/mol. The zero-order valence-corrected chi connectivity index (χ0v) is 11.4. The average molecular weight is 276 g/mol. The van der Waals surface area contributed by atoms with Crippen molar-refractivity contribution < 1.29 is 13.2 Å². The van der Waals surface area contributed by atoms with Gasteiger partial charge in [0.05, 0.1) is 0 Å². The lowest BCUT2D eigenvalue weighted by atomic mass is 10.1. The van der Waals surface area contributed by atoms with Gasteiger partial charge in [-0.3, -0.25) is 0 Å². The van der Waals surface area contributed by atoms with Crippen molar-refractivity contribution in [3.63, 3.8) is 0 Å². The molecule has 0 spiro atoms. The Morgan fingerprint density at radius 3 is 2.28 bits per heavy atom. The van der Waals surface area contributed by atoms with Crippen molar-refractivity contribution in [3.8, 4) is 0 Å². The first-order valence-corrected chi connectivity index (χ1v) is 7.20. The Morgan fingerprint density at radius 1 is 1.06 bits per heavy atom. The fourth-order valence-corrected chi connectivity index (χ4v) is 2.77. The molecule has 0 heterocycles. The highest BCUT2D eigenvalue weighted by Gasteiger charge is 2.39. The van der Waals surface area contributed by atoms with E-state index in [1.807, 2.05) is 6.07 Å². The molecule has 1 atom stereocenters. The molecule has 0 amide bonds. The molecule has 0 fully saturated rings. The Labute approximate surface area is 111 Å². The number of hydrogen-bond donors (Lipinski definition) is 0. The van der Waals surface area contributed by atoms with Gasteiger partial charge in [-0.1, -0.05) is 50.8 Å². The van der Waals surface area contributed by atoms with Gasteiger partial charge in [0, 0.05) is 4.90 Å². The molecule has 0 aliphatic rings. The summed E-state index contributed by atoms with van der Waals surface area (Å²) < 4.78 is 38.7. The molecular formula is C14H19F3S. The predicted molar refractivity (Wildman–Crippen MR) is 70.9 cm³/mol. The summed E-state index contributed by atoms with van der Waals surface area (Å²) in [6.45, 7) is 2.06. The number of alkyl halides is 3. The van der Waals surface area contributed by atoms with E-state index in [1.165, 1.54) is 0 Å². The number of unbranched alkanes of at least 4 members (excludes halogenated alkanes) is 3. The van der Waals surface area contributed by atoms with Crippen LogP contribution >= 0.6 is 11.8 Å². The van der Waals surface area contributed by atoms with Gasteiger partial charge in [0.2, 0.25) is 0 Å². The van der Waals surface area contributed by atoms with Crippen LogP contribution in [0.5, 0.6) is 0 Å². The summed E-state index contributed by atoms with van der Waals surface area (Å²) >= 11 is 0.929. The predicted octanol–water partition coefficient (Wildman–Crippen LogP) is 5.68. The zero-order chi connectivity index (χ0) is 13.4. The molecule has 4 heteroatoms. The number of benzene rings is 1. The van der Waals surface area contributed by atoms with E-state index in [-0.39, 0.29) is 6.42 Å². The Balaban J connectivity index is 2.51. The van der Waals surface area contributed by atoms with E-state index in [0.717, 1.165) is 31.0 Å². The molecule has 0 radical (unpaired) electrons. The van der Waals surface area contributed by atoms with Crippen LogP contribution in [-0.4, -0.2) is 11.4 Å². The molecule has 1 rings (SSSR count). The summed E-state index contributed by atoms with van der Waals surface area (Å²) in [5, 5.41) is -1.28. The molecule has 0 aliphatic carbocycles. The maximum absolute atomic E-state index is 12.9. The van der Waals surface area contributed by atoms with Crippen molar-refractivity contribution in [2.75, 3.05) is 0 Å². The number of thioether (sulfide) groups is 1. The maximum atomic E-state index is 12.9. The minimum Gasteiger partial charge on any atom is -0.170 e. The molecular weight excluding hydrogens is 257 g/mol. The maximum Gasteiger partial charge on any atom is 0.400 e. The van der Waals surface area contributed by atoms with Crippen molar-refractivity contribution in [3.05, 3.63) is 30.3 Å². The van der Waals surface area contributed by atoms with Crippen LogP contribution in [0.15, 0.2) is 35.2 Å². The van der Waals surface area contributed by atoms with Crippen LogP contribution in [0.25, 0.3) is 0 Å². The second-order valence-electron chi connectivity index (χ2n) is 4.31. The minimum atomic E-state index is -4.12. The van der Waals surface area contributed by atoms with Gasteiger partial charge in [0.25, 0.3) is 0 Å². The highest BCUT2D eigenvalue weighted by atomic mass is 32.2. The summed E-state index contributed by atoms with van der Waals surface area (Å²) in [5.41, 5.74) is 0. The molecule has 0 bridgehead atoms. The number of hydrogen-bond acceptors (Lipinski definition) is 1. The third kappa shape index (κ3) is 5.80. The van der Waals surface area contributed by atoms with E-state index in [0.29, 0.717) is 11.3 Å². The van der Waals surface area contributed by atoms with Crippen molar-refractivity contribution in [2.45, 2.75) is 55.3 Å². The molecule has 1 aromatic carbocycles. The number of rotatable bonds is 7. The van der Waals surface area contributed by atoms with Crippen LogP contribution in [-0.2, 0) is 0 Å². The van der Waals surface area contributed by atoms with Gasteiger partial charge < -0.3 is 0 Å². The minimum absolute atomic E-state index is 0.211. The zero-order valence-electron chi connectivity index (χ0n) is 10.5. The highest BCUT2D eigenvalue weighted by Crippen LogP contribution is 2.38. The van der Waals surface area contributed by atoms with Crippen LogP contribution in [0.1, 0.15) is 39.0 Å². The Bertz CT molecular complexity index is 322. The van der Waals surface area contributed by atoms with Gasteiger partial charge in [-0.2, -0.15) is 13.2 Å². The molecule has 0 aliphatic heterocycles. The van der Waals surface area contributed by atoms with Gasteiger partial charge in [-0.05, 0) is 18.6 Å². The molecule has 0 aromatic heterocycles. The summed E-state index contributed by atoms with van der Waals surface area (Å²) in [6.07, 6.45) is -0.310. The van der Waals surface area contributed by atoms with Crippen molar-refractivity contribution in [2.24, 2.45) is 0 Å². The topological polar surface area (TPSA) is 0 Å². The molecule has 1 aromatic rings. The normalized spacial score (nSPS) is 13.6. The lowest BCUT2D eigenvalue weighted by molar-refractivity contribution is -0.129. The Morgan fingerprint density at radius 2 is 1.72 bits per heavy atom. The molecule has 0 nitrogen and oxygen atoms in total. The second kappa shape index (κ2) is 7.72. The van der Waals surface area contributed by atoms with E-state index >= 15 is 0 Å². The van der Waals surface area contributed by atoms with E-state index in [4.69, 9.17) is 0 Å². The fraction of sp³-hybridized carbons (Fsp3) is 0.571. The second-order valence-corrected chi connectivity index (χ2v) is 5.59. The molecule has 102 valence electrons. The van der Waals surface area contributed by atoms with Gasteiger partial charge in [-0.15, -0.1) is 11.8 Å². The van der Waals surface area contributed by atoms with Gasteiger partial charge in [0.15, 0.2) is 0 Å². The SMILES string of the molecule is CCCCCC[C@H](Sc1ccccc1)C(F)(F)F. The van der Waals surface area contributed by atoms with Crippen LogP contribution in [0.4, 0.5) is 13.2 Å². The molecule has 0 unspecified atom stereocenters. The van der Waals surface area contributed by atoms with E-state index < -0.39 is 11.4 Å². The fourth-order valence-electron chi connectivity index (χ4n) is 1.71. The number of halogens is 3. The van der Waals surface area contributed by atoms with Crippen molar-refractivity contribution in [1.29, 1.82) is 0 Å². The molecule has 18 heavy (non-hydrogen) atoms. The summed E-state index contributed by atoms with van der Waals surface area (Å²) in [4.78, 5) is 0.690. The summed E-state index contributed by atoms with van der Waals surface area (Å²) in [5.74, 6) is 0. The van der Waals surface area contributed by atoms with E-state index in [1.54, 1.807) is 24.3 Å². The van der Waals surface area contributed by atoms with E-state index in [9.17, 15) is 13.2 Å². The highest BCUT2D eigenvalue weighted by molar-refractivity contribution is 8.00. The quantitative estimate of drug-likeness (QED) is 0.456. The third-order valence-electron chi connectivity index (χ3n) is 2.71. The third-order valence-corrected chi connectivity index (χ3v) is 4.04. The summed E-state index contributed by atoms with van der Waals surface area (Å²) in [6, 6.07) is 8.82.